The molecule has 3 heterocycles. The van der Waals surface area contributed by atoms with Crippen LogP contribution in [0.15, 0.2) is 40.6 Å². The number of piperidine rings is 1. The summed E-state index contributed by atoms with van der Waals surface area (Å²) in [7, 11) is 0. The fraction of sp³-hybridized carbons (Fsp3) is 0.643. The minimum absolute atomic E-state index is 0.292. The fourth-order valence-electron chi connectivity index (χ4n) is 4.41. The minimum Gasteiger partial charge on any atom is -0.391 e. The molecule has 1 saturated heterocycles. The SMILES string of the molecule is CCCCC(O)COCCCCCCOCCN1CCC(=C(c2cccs2)c2cccs2)CC1. The van der Waals surface area contributed by atoms with Crippen molar-refractivity contribution < 1.29 is 14.6 Å². The summed E-state index contributed by atoms with van der Waals surface area (Å²) in [4.78, 5) is 5.37. The lowest BCUT2D eigenvalue weighted by Crippen LogP contribution is -2.33. The number of rotatable bonds is 17. The van der Waals surface area contributed by atoms with Crippen LogP contribution in [0.4, 0.5) is 0 Å². The van der Waals surface area contributed by atoms with E-state index in [1.54, 1.807) is 5.57 Å². The van der Waals surface area contributed by atoms with Gasteiger partial charge in [-0.3, -0.25) is 0 Å². The van der Waals surface area contributed by atoms with Crippen molar-refractivity contribution in [2.75, 3.05) is 46.1 Å². The van der Waals surface area contributed by atoms with Crippen LogP contribution >= 0.6 is 22.7 Å². The molecule has 0 aromatic carbocycles. The summed E-state index contributed by atoms with van der Waals surface area (Å²) >= 11 is 3.71. The topological polar surface area (TPSA) is 41.9 Å². The minimum atomic E-state index is -0.292. The molecule has 6 heteroatoms. The second-order valence-electron chi connectivity index (χ2n) is 9.17. The van der Waals surface area contributed by atoms with Crippen LogP contribution in [-0.4, -0.2) is 62.2 Å². The van der Waals surface area contributed by atoms with E-state index in [1.807, 2.05) is 22.7 Å². The van der Waals surface area contributed by atoms with Gasteiger partial charge in [-0.1, -0.05) is 50.3 Å². The lowest BCUT2D eigenvalue weighted by atomic mass is 9.96. The predicted molar refractivity (Wildman–Crippen MR) is 146 cm³/mol. The Hall–Kier alpha value is -1.02. The van der Waals surface area contributed by atoms with Crippen molar-refractivity contribution in [2.45, 2.75) is 70.8 Å². The van der Waals surface area contributed by atoms with Crippen LogP contribution in [-0.2, 0) is 9.47 Å². The molecule has 34 heavy (non-hydrogen) atoms. The Morgan fingerprint density at radius 1 is 0.912 bits per heavy atom. The maximum absolute atomic E-state index is 9.77. The number of aliphatic hydroxyl groups excluding tert-OH is 1. The van der Waals surface area contributed by atoms with Gasteiger partial charge >= 0.3 is 0 Å². The largest absolute Gasteiger partial charge is 0.391 e. The molecule has 1 atom stereocenters. The molecule has 1 N–H and O–H groups in total. The molecule has 0 spiro atoms. The maximum Gasteiger partial charge on any atom is 0.0773 e. The highest BCUT2D eigenvalue weighted by Crippen LogP contribution is 2.36. The number of ether oxygens (including phenoxy) is 2. The molecule has 0 saturated carbocycles. The van der Waals surface area contributed by atoms with Gasteiger partial charge in [0, 0.05) is 48.2 Å². The van der Waals surface area contributed by atoms with Crippen LogP contribution in [0, 0.1) is 0 Å². The molecule has 0 amide bonds. The van der Waals surface area contributed by atoms with E-state index >= 15 is 0 Å². The smallest absolute Gasteiger partial charge is 0.0773 e. The number of hydrogen-bond donors (Lipinski definition) is 1. The van der Waals surface area contributed by atoms with E-state index in [0.29, 0.717) is 6.61 Å². The number of hydrogen-bond acceptors (Lipinski definition) is 6. The molecule has 1 unspecified atom stereocenters. The van der Waals surface area contributed by atoms with Crippen molar-refractivity contribution in [1.29, 1.82) is 0 Å². The Labute approximate surface area is 214 Å². The van der Waals surface area contributed by atoms with E-state index < -0.39 is 0 Å². The highest BCUT2D eigenvalue weighted by atomic mass is 32.1. The highest BCUT2D eigenvalue weighted by molar-refractivity contribution is 7.13. The van der Waals surface area contributed by atoms with Gasteiger partial charge in [0.1, 0.15) is 0 Å². The van der Waals surface area contributed by atoms with Gasteiger partial charge in [0.2, 0.25) is 0 Å². The number of unbranched alkanes of at least 4 members (excludes halogenated alkanes) is 4. The second-order valence-corrected chi connectivity index (χ2v) is 11.1. The first kappa shape index (κ1) is 27.6. The Balaban J connectivity index is 1.21. The summed E-state index contributed by atoms with van der Waals surface area (Å²) in [6.07, 6.45) is 9.63. The van der Waals surface area contributed by atoms with Crippen molar-refractivity contribution in [3.8, 4) is 0 Å². The Kier molecular flexibility index (Phi) is 13.5. The Morgan fingerprint density at radius 2 is 1.56 bits per heavy atom. The molecule has 2 aromatic heterocycles. The first-order valence-electron chi connectivity index (χ1n) is 13.1. The normalized spacial score (nSPS) is 15.6. The molecule has 0 bridgehead atoms. The van der Waals surface area contributed by atoms with E-state index in [2.05, 4.69) is 46.8 Å². The van der Waals surface area contributed by atoms with Crippen molar-refractivity contribution in [2.24, 2.45) is 0 Å². The molecular formula is C28H43NO3S2. The lowest BCUT2D eigenvalue weighted by molar-refractivity contribution is 0.0298. The van der Waals surface area contributed by atoms with Gasteiger partial charge in [0.05, 0.1) is 19.3 Å². The monoisotopic (exact) mass is 505 g/mol. The zero-order valence-electron chi connectivity index (χ0n) is 20.9. The summed E-state index contributed by atoms with van der Waals surface area (Å²) in [6, 6.07) is 8.85. The first-order valence-corrected chi connectivity index (χ1v) is 14.9. The van der Waals surface area contributed by atoms with Crippen molar-refractivity contribution in [3.05, 3.63) is 50.4 Å². The molecule has 190 valence electrons. The van der Waals surface area contributed by atoms with E-state index in [9.17, 15) is 5.11 Å². The van der Waals surface area contributed by atoms with E-state index in [1.165, 1.54) is 28.2 Å². The van der Waals surface area contributed by atoms with Crippen molar-refractivity contribution >= 4 is 28.2 Å². The van der Waals surface area contributed by atoms with Gasteiger partial charge in [0.15, 0.2) is 0 Å². The van der Waals surface area contributed by atoms with Crippen LogP contribution in [0.5, 0.6) is 0 Å². The molecule has 2 aromatic rings. The van der Waals surface area contributed by atoms with Gasteiger partial charge in [-0.15, -0.1) is 22.7 Å². The molecule has 0 radical (unpaired) electrons. The van der Waals surface area contributed by atoms with E-state index in [4.69, 9.17) is 9.47 Å². The average molecular weight is 506 g/mol. The zero-order chi connectivity index (χ0) is 23.8. The average Bonchev–Trinajstić information content (AvgIpc) is 3.58. The number of nitrogens with zero attached hydrogens (tertiary/aromatic N) is 1. The predicted octanol–water partition coefficient (Wildman–Crippen LogP) is 6.85. The van der Waals surface area contributed by atoms with Crippen molar-refractivity contribution in [3.63, 3.8) is 0 Å². The molecule has 4 nitrogen and oxygen atoms in total. The third-order valence-corrected chi connectivity index (χ3v) is 8.20. The van der Waals surface area contributed by atoms with Gasteiger partial charge in [-0.2, -0.15) is 0 Å². The van der Waals surface area contributed by atoms with Crippen molar-refractivity contribution in [1.82, 2.24) is 4.90 Å². The van der Waals surface area contributed by atoms with Crippen LogP contribution in [0.25, 0.3) is 5.57 Å². The molecule has 1 fully saturated rings. The highest BCUT2D eigenvalue weighted by Gasteiger charge is 2.19. The zero-order valence-corrected chi connectivity index (χ0v) is 22.5. The van der Waals surface area contributed by atoms with E-state index in [-0.39, 0.29) is 6.10 Å². The van der Waals surface area contributed by atoms with Crippen LogP contribution in [0.3, 0.4) is 0 Å². The summed E-state index contributed by atoms with van der Waals surface area (Å²) in [5, 5.41) is 14.1. The summed E-state index contributed by atoms with van der Waals surface area (Å²) in [5.41, 5.74) is 3.10. The summed E-state index contributed by atoms with van der Waals surface area (Å²) in [6.45, 7) is 8.38. The van der Waals surface area contributed by atoms with Gasteiger partial charge in [-0.05, 0) is 55.0 Å². The summed E-state index contributed by atoms with van der Waals surface area (Å²) < 4.78 is 11.5. The standard InChI is InChI=1S/C28H43NO3S2/c1-2-3-10-25(30)23-32-19-7-5-4-6-18-31-20-17-29-15-13-24(14-16-29)28(26-11-8-21-33-26)27-12-9-22-34-27/h8-9,11-12,21-22,25,30H,2-7,10,13-20,23H2,1H3. The summed E-state index contributed by atoms with van der Waals surface area (Å²) in [5.74, 6) is 0. The van der Waals surface area contributed by atoms with E-state index in [0.717, 1.165) is 84.4 Å². The Morgan fingerprint density at radius 3 is 2.15 bits per heavy atom. The van der Waals surface area contributed by atoms with Gasteiger partial charge in [-0.25, -0.2) is 0 Å². The molecule has 1 aliphatic heterocycles. The quantitative estimate of drug-likeness (QED) is 0.239. The van der Waals surface area contributed by atoms with Gasteiger partial charge < -0.3 is 19.5 Å². The first-order chi connectivity index (χ1) is 16.8. The number of aliphatic hydroxyl groups is 1. The molecule has 3 rings (SSSR count). The Bertz CT molecular complexity index is 742. The molecular weight excluding hydrogens is 462 g/mol. The lowest BCUT2D eigenvalue weighted by Gasteiger charge is -2.29. The van der Waals surface area contributed by atoms with Gasteiger partial charge in [0.25, 0.3) is 0 Å². The maximum atomic E-state index is 9.77. The number of likely N-dealkylation sites (tertiary alicyclic amines) is 1. The molecule has 1 aliphatic rings. The molecule has 0 aliphatic carbocycles. The second kappa shape index (κ2) is 16.6. The van der Waals surface area contributed by atoms with Crippen LogP contribution < -0.4 is 0 Å². The third kappa shape index (κ3) is 9.92. The third-order valence-electron chi connectivity index (χ3n) is 6.43. The number of thiophene rings is 2. The van der Waals surface area contributed by atoms with Crippen LogP contribution in [0.1, 0.15) is 74.5 Å². The fourth-order valence-corrected chi connectivity index (χ4v) is 6.14. The van der Waals surface area contributed by atoms with Crippen LogP contribution in [0.2, 0.25) is 0 Å².